The molecule has 2 N–H and O–H groups in total. The first kappa shape index (κ1) is 18.5. The van der Waals surface area contributed by atoms with Crippen molar-refractivity contribution in [2.75, 3.05) is 26.4 Å². The van der Waals surface area contributed by atoms with E-state index in [1.807, 2.05) is 24.3 Å². The molecule has 0 aliphatic heterocycles. The Kier molecular flexibility index (Phi) is 5.35. The van der Waals surface area contributed by atoms with Gasteiger partial charge in [-0.05, 0) is 17.0 Å². The third-order valence-electron chi connectivity index (χ3n) is 4.47. The third kappa shape index (κ3) is 3.48. The zero-order chi connectivity index (χ0) is 18.7. The third-order valence-corrected chi connectivity index (χ3v) is 4.47. The molecule has 3 rings (SSSR count). The summed E-state index contributed by atoms with van der Waals surface area (Å²) in [5, 5.41) is 22.2. The molecule has 0 spiro atoms. The fourth-order valence-corrected chi connectivity index (χ4v) is 3.17. The molecule has 26 heavy (non-hydrogen) atoms. The van der Waals surface area contributed by atoms with Gasteiger partial charge in [0.2, 0.25) is 0 Å². The van der Waals surface area contributed by atoms with E-state index in [2.05, 4.69) is 39.0 Å². The predicted octanol–water partition coefficient (Wildman–Crippen LogP) is 4.03. The van der Waals surface area contributed by atoms with Gasteiger partial charge in [0.25, 0.3) is 0 Å². The summed E-state index contributed by atoms with van der Waals surface area (Å²) in [7, 11) is 0. The van der Waals surface area contributed by atoms with Crippen LogP contribution < -0.4 is 9.47 Å². The molecule has 0 saturated heterocycles. The first-order valence-corrected chi connectivity index (χ1v) is 8.93. The van der Waals surface area contributed by atoms with E-state index in [0.29, 0.717) is 0 Å². The van der Waals surface area contributed by atoms with Crippen LogP contribution in [-0.2, 0) is 5.41 Å². The lowest BCUT2D eigenvalue weighted by Gasteiger charge is -2.22. The summed E-state index contributed by atoms with van der Waals surface area (Å²) in [4.78, 5) is 0. The average Bonchev–Trinajstić information content (AvgIpc) is 2.63. The summed E-state index contributed by atoms with van der Waals surface area (Å²) in [6.45, 7) is 6.90. The van der Waals surface area contributed by atoms with E-state index in [9.17, 15) is 10.2 Å². The molecule has 0 aliphatic carbocycles. The van der Waals surface area contributed by atoms with Crippen molar-refractivity contribution in [2.45, 2.75) is 26.2 Å². The van der Waals surface area contributed by atoms with Gasteiger partial charge in [-0.2, -0.15) is 0 Å². The van der Waals surface area contributed by atoms with Crippen LogP contribution in [0.5, 0.6) is 11.5 Å². The minimum atomic E-state index is -0.0441. The highest BCUT2D eigenvalue weighted by Gasteiger charge is 2.20. The van der Waals surface area contributed by atoms with E-state index in [4.69, 9.17) is 9.47 Å². The summed E-state index contributed by atoms with van der Waals surface area (Å²) in [6.07, 6.45) is 0. The second-order valence-electron chi connectivity index (χ2n) is 7.36. The van der Waals surface area contributed by atoms with Crippen molar-refractivity contribution in [1.29, 1.82) is 0 Å². The van der Waals surface area contributed by atoms with Gasteiger partial charge in [0.05, 0.1) is 13.2 Å². The number of aliphatic hydroxyl groups excluding tert-OH is 2. The maximum Gasteiger partial charge on any atom is 0.135 e. The largest absolute Gasteiger partial charge is 0.490 e. The minimum Gasteiger partial charge on any atom is -0.490 e. The molecule has 0 atom stereocenters. The lowest BCUT2D eigenvalue weighted by molar-refractivity contribution is 0.202. The SMILES string of the molecule is CC(C)(C)c1ccc2c(OCCO)c3ccccc3c(OCCO)c2c1. The van der Waals surface area contributed by atoms with Gasteiger partial charge in [0.1, 0.15) is 24.7 Å². The number of ether oxygens (including phenoxy) is 2. The van der Waals surface area contributed by atoms with Crippen LogP contribution in [0, 0.1) is 0 Å². The number of rotatable bonds is 6. The molecule has 0 amide bonds. The summed E-state index contributed by atoms with van der Waals surface area (Å²) >= 11 is 0. The van der Waals surface area contributed by atoms with Crippen molar-refractivity contribution in [3.8, 4) is 11.5 Å². The maximum atomic E-state index is 9.25. The van der Waals surface area contributed by atoms with Crippen molar-refractivity contribution in [3.05, 3.63) is 48.0 Å². The highest BCUT2D eigenvalue weighted by molar-refractivity contribution is 6.11. The summed E-state index contributed by atoms with van der Waals surface area (Å²) in [5.74, 6) is 1.51. The van der Waals surface area contributed by atoms with Crippen LogP contribution in [0.3, 0.4) is 0 Å². The van der Waals surface area contributed by atoms with Crippen LogP contribution in [0.2, 0.25) is 0 Å². The van der Waals surface area contributed by atoms with E-state index in [0.717, 1.165) is 33.0 Å². The number of hydrogen-bond acceptors (Lipinski definition) is 4. The molecule has 0 radical (unpaired) electrons. The van der Waals surface area contributed by atoms with Crippen LogP contribution in [-0.4, -0.2) is 36.6 Å². The molecule has 4 heteroatoms. The summed E-state index contributed by atoms with van der Waals surface area (Å²) in [5.41, 5.74) is 1.20. The first-order valence-electron chi connectivity index (χ1n) is 8.93. The lowest BCUT2D eigenvalue weighted by Crippen LogP contribution is -2.11. The zero-order valence-corrected chi connectivity index (χ0v) is 15.6. The smallest absolute Gasteiger partial charge is 0.135 e. The molecule has 0 heterocycles. The zero-order valence-electron chi connectivity index (χ0n) is 15.6. The number of aliphatic hydroxyl groups is 2. The molecule has 138 valence electrons. The topological polar surface area (TPSA) is 58.9 Å². The Hall–Kier alpha value is -2.30. The monoisotopic (exact) mass is 354 g/mol. The molecular weight excluding hydrogens is 328 g/mol. The molecule has 0 fully saturated rings. The van der Waals surface area contributed by atoms with Crippen LogP contribution in [0.15, 0.2) is 42.5 Å². The van der Waals surface area contributed by atoms with Gasteiger partial charge >= 0.3 is 0 Å². The van der Waals surface area contributed by atoms with Gasteiger partial charge in [0.15, 0.2) is 0 Å². The van der Waals surface area contributed by atoms with Crippen LogP contribution in [0.25, 0.3) is 21.5 Å². The number of fused-ring (bicyclic) bond motifs is 2. The Morgan fingerprint density at radius 1 is 0.731 bits per heavy atom. The van der Waals surface area contributed by atoms with Crippen molar-refractivity contribution in [1.82, 2.24) is 0 Å². The van der Waals surface area contributed by atoms with Crippen LogP contribution in [0.4, 0.5) is 0 Å². The van der Waals surface area contributed by atoms with Crippen molar-refractivity contribution >= 4 is 21.5 Å². The van der Waals surface area contributed by atoms with Gasteiger partial charge in [-0.1, -0.05) is 57.2 Å². The van der Waals surface area contributed by atoms with E-state index < -0.39 is 0 Å². The molecule has 4 nitrogen and oxygen atoms in total. The van der Waals surface area contributed by atoms with Gasteiger partial charge in [-0.25, -0.2) is 0 Å². The Balaban J connectivity index is 2.37. The number of benzene rings is 3. The summed E-state index contributed by atoms with van der Waals surface area (Å²) < 4.78 is 11.9. The first-order chi connectivity index (χ1) is 12.5. The van der Waals surface area contributed by atoms with Gasteiger partial charge in [0, 0.05) is 21.5 Å². The van der Waals surface area contributed by atoms with Gasteiger partial charge in [-0.3, -0.25) is 0 Å². The van der Waals surface area contributed by atoms with Gasteiger partial charge in [-0.15, -0.1) is 0 Å². The Bertz CT molecular complexity index is 909. The second-order valence-corrected chi connectivity index (χ2v) is 7.36. The standard InChI is InChI=1S/C22H26O4/c1-22(2,3)15-8-9-18-19(14-15)21(26-13-11-24)17-7-5-4-6-16(17)20(18)25-12-10-23/h4-9,14,23-24H,10-13H2,1-3H3. The van der Waals surface area contributed by atoms with E-state index in [1.165, 1.54) is 5.56 Å². The molecule has 0 aliphatic rings. The van der Waals surface area contributed by atoms with Crippen molar-refractivity contribution < 1.29 is 19.7 Å². The van der Waals surface area contributed by atoms with E-state index in [1.54, 1.807) is 0 Å². The number of hydrogen-bond donors (Lipinski definition) is 2. The molecule has 0 aromatic heterocycles. The summed E-state index contributed by atoms with van der Waals surface area (Å²) in [6, 6.07) is 14.2. The Morgan fingerprint density at radius 3 is 1.73 bits per heavy atom. The average molecular weight is 354 g/mol. The Labute approximate surface area is 154 Å². The molecule has 0 unspecified atom stereocenters. The lowest BCUT2D eigenvalue weighted by atomic mass is 9.85. The van der Waals surface area contributed by atoms with Gasteiger partial charge < -0.3 is 19.7 Å². The normalized spacial score (nSPS) is 11.9. The van der Waals surface area contributed by atoms with E-state index >= 15 is 0 Å². The molecular formula is C22H26O4. The Morgan fingerprint density at radius 2 is 1.23 bits per heavy atom. The van der Waals surface area contributed by atoms with Crippen molar-refractivity contribution in [2.24, 2.45) is 0 Å². The molecule has 0 bridgehead atoms. The quantitative estimate of drug-likeness (QED) is 0.656. The maximum absolute atomic E-state index is 9.25. The fraction of sp³-hybridized carbons (Fsp3) is 0.364. The van der Waals surface area contributed by atoms with Crippen LogP contribution >= 0.6 is 0 Å². The predicted molar refractivity (Wildman–Crippen MR) is 105 cm³/mol. The van der Waals surface area contributed by atoms with Crippen LogP contribution in [0.1, 0.15) is 26.3 Å². The molecule has 3 aromatic rings. The molecule has 3 aromatic carbocycles. The minimum absolute atomic E-state index is 0.000201. The second kappa shape index (κ2) is 7.52. The fourth-order valence-electron chi connectivity index (χ4n) is 3.17. The van der Waals surface area contributed by atoms with Crippen molar-refractivity contribution in [3.63, 3.8) is 0 Å². The molecule has 0 saturated carbocycles. The van der Waals surface area contributed by atoms with E-state index in [-0.39, 0.29) is 31.8 Å². The highest BCUT2D eigenvalue weighted by atomic mass is 16.5. The highest BCUT2D eigenvalue weighted by Crippen LogP contribution is 2.44.